The molecule has 0 bridgehead atoms. The second-order valence-electron chi connectivity index (χ2n) is 2.01. The lowest BCUT2D eigenvalue weighted by molar-refractivity contribution is 1.29. The van der Waals surface area contributed by atoms with Gasteiger partial charge in [0.15, 0.2) is 5.82 Å². The molecule has 3 nitrogen and oxygen atoms in total. The standard InChI is InChI=1S/C8H9N3/c1-3-9-7(2)6-8-10-4-5-11-8/h3-6H,1H2,2H3. The van der Waals surface area contributed by atoms with Gasteiger partial charge in [-0.3, -0.25) is 4.99 Å². The zero-order valence-electron chi connectivity index (χ0n) is 6.36. The van der Waals surface area contributed by atoms with Crippen LogP contribution >= 0.6 is 0 Å². The zero-order chi connectivity index (χ0) is 8.10. The van der Waals surface area contributed by atoms with E-state index >= 15 is 0 Å². The summed E-state index contributed by atoms with van der Waals surface area (Å²) in [6, 6.07) is 0. The highest BCUT2D eigenvalue weighted by atomic mass is 15.0. The molecule has 0 spiro atoms. The molecule has 56 valence electrons. The summed E-state index contributed by atoms with van der Waals surface area (Å²) in [5.74, 6) is 0.688. The average Bonchev–Trinajstić information content (AvgIpc) is 2.40. The molecule has 1 heterocycles. The van der Waals surface area contributed by atoms with Crippen LogP contribution in [0.4, 0.5) is 0 Å². The first-order valence-corrected chi connectivity index (χ1v) is 3.26. The van der Waals surface area contributed by atoms with E-state index in [2.05, 4.69) is 21.6 Å². The molecule has 0 saturated heterocycles. The van der Waals surface area contributed by atoms with E-state index in [-0.39, 0.29) is 0 Å². The zero-order valence-corrected chi connectivity index (χ0v) is 6.36. The van der Waals surface area contributed by atoms with Gasteiger partial charge in [0.05, 0.1) is 0 Å². The van der Waals surface area contributed by atoms with Crippen molar-refractivity contribution in [2.24, 2.45) is 15.0 Å². The van der Waals surface area contributed by atoms with Crippen molar-refractivity contribution in [1.82, 2.24) is 0 Å². The highest BCUT2D eigenvalue weighted by Gasteiger charge is 1.93. The van der Waals surface area contributed by atoms with Gasteiger partial charge in [0.25, 0.3) is 0 Å². The third kappa shape index (κ3) is 2.29. The average molecular weight is 147 g/mol. The molecule has 0 aromatic rings. The van der Waals surface area contributed by atoms with Gasteiger partial charge in [0, 0.05) is 30.4 Å². The molecule has 3 heteroatoms. The van der Waals surface area contributed by atoms with Crippen LogP contribution in [0.25, 0.3) is 0 Å². The molecular formula is C8H9N3. The second kappa shape index (κ2) is 3.61. The Labute approximate surface area is 65.6 Å². The van der Waals surface area contributed by atoms with Crippen molar-refractivity contribution in [1.29, 1.82) is 0 Å². The molecule has 0 radical (unpaired) electrons. The topological polar surface area (TPSA) is 37.1 Å². The van der Waals surface area contributed by atoms with Gasteiger partial charge in [-0.15, -0.1) is 0 Å². The van der Waals surface area contributed by atoms with Crippen LogP contribution in [0.2, 0.25) is 0 Å². The van der Waals surface area contributed by atoms with Crippen LogP contribution in [0.5, 0.6) is 0 Å². The van der Waals surface area contributed by atoms with Gasteiger partial charge in [0.1, 0.15) is 0 Å². The van der Waals surface area contributed by atoms with Crippen molar-refractivity contribution in [2.75, 3.05) is 0 Å². The van der Waals surface area contributed by atoms with Crippen molar-refractivity contribution < 1.29 is 0 Å². The minimum atomic E-state index is 0.688. The van der Waals surface area contributed by atoms with Gasteiger partial charge in [-0.2, -0.15) is 0 Å². The first-order chi connectivity index (χ1) is 5.33. The Morgan fingerprint density at radius 1 is 1.55 bits per heavy atom. The van der Waals surface area contributed by atoms with Crippen LogP contribution in [-0.4, -0.2) is 18.1 Å². The largest absolute Gasteiger partial charge is 0.262 e. The molecule has 0 aromatic carbocycles. The summed E-state index contributed by atoms with van der Waals surface area (Å²) in [6.45, 7) is 5.35. The smallest absolute Gasteiger partial charge is 0.153 e. The number of hydrogen-bond acceptors (Lipinski definition) is 3. The van der Waals surface area contributed by atoms with Crippen LogP contribution in [-0.2, 0) is 0 Å². The molecule has 0 amide bonds. The molecule has 0 aromatic heterocycles. The Morgan fingerprint density at radius 3 is 2.73 bits per heavy atom. The van der Waals surface area contributed by atoms with Gasteiger partial charge < -0.3 is 0 Å². The lowest BCUT2D eigenvalue weighted by Crippen LogP contribution is -1.83. The summed E-state index contributed by atoms with van der Waals surface area (Å²) in [6.07, 6.45) is 6.58. The highest BCUT2D eigenvalue weighted by Crippen LogP contribution is 2.01. The molecular weight excluding hydrogens is 138 g/mol. The van der Waals surface area contributed by atoms with Crippen molar-refractivity contribution >= 4 is 18.1 Å². The Hall–Kier alpha value is -1.51. The fourth-order valence-corrected chi connectivity index (χ4v) is 0.695. The normalized spacial score (nSPS) is 15.7. The predicted octanol–water partition coefficient (Wildman–Crippen LogP) is 1.59. The molecule has 1 aliphatic rings. The molecule has 0 atom stereocenters. The van der Waals surface area contributed by atoms with E-state index in [1.165, 1.54) is 6.20 Å². The molecule has 11 heavy (non-hydrogen) atoms. The third-order valence-corrected chi connectivity index (χ3v) is 1.11. The van der Waals surface area contributed by atoms with E-state index in [1.54, 1.807) is 18.5 Å². The summed E-state index contributed by atoms with van der Waals surface area (Å²) in [5, 5.41) is 0. The van der Waals surface area contributed by atoms with E-state index in [1.807, 2.05) is 6.92 Å². The molecule has 0 aliphatic carbocycles. The first kappa shape index (κ1) is 7.60. The maximum atomic E-state index is 3.96. The Kier molecular flexibility index (Phi) is 2.49. The lowest BCUT2D eigenvalue weighted by Gasteiger charge is -1.88. The summed E-state index contributed by atoms with van der Waals surface area (Å²) in [5.41, 5.74) is 0.853. The number of rotatable bonds is 2. The van der Waals surface area contributed by atoms with Crippen LogP contribution < -0.4 is 0 Å². The van der Waals surface area contributed by atoms with Crippen molar-refractivity contribution in [3.8, 4) is 0 Å². The fraction of sp³-hybridized carbons (Fsp3) is 0.125. The highest BCUT2D eigenvalue weighted by molar-refractivity contribution is 6.18. The fourth-order valence-electron chi connectivity index (χ4n) is 0.695. The SMILES string of the molecule is C=CN=C(C)C=C1N=CC=N1. The molecule has 1 aliphatic heterocycles. The number of aliphatic imine (C=N–C) groups is 3. The minimum Gasteiger partial charge on any atom is -0.262 e. The van der Waals surface area contributed by atoms with Gasteiger partial charge in [0.2, 0.25) is 0 Å². The quantitative estimate of drug-likeness (QED) is 0.532. The Balaban J connectivity index is 2.72. The lowest BCUT2D eigenvalue weighted by atomic mass is 10.4. The van der Waals surface area contributed by atoms with Gasteiger partial charge in [-0.05, 0) is 6.92 Å². The molecule has 0 fully saturated rings. The maximum Gasteiger partial charge on any atom is 0.153 e. The van der Waals surface area contributed by atoms with E-state index in [0.29, 0.717) is 5.82 Å². The van der Waals surface area contributed by atoms with Crippen molar-refractivity contribution in [3.63, 3.8) is 0 Å². The summed E-state index contributed by atoms with van der Waals surface area (Å²) in [7, 11) is 0. The van der Waals surface area contributed by atoms with Gasteiger partial charge in [-0.25, -0.2) is 9.98 Å². The van der Waals surface area contributed by atoms with Crippen LogP contribution in [0.3, 0.4) is 0 Å². The van der Waals surface area contributed by atoms with Gasteiger partial charge in [-0.1, -0.05) is 6.58 Å². The summed E-state index contributed by atoms with van der Waals surface area (Å²) in [4.78, 5) is 11.9. The van der Waals surface area contributed by atoms with E-state index < -0.39 is 0 Å². The maximum absolute atomic E-state index is 3.96. The molecule has 0 unspecified atom stereocenters. The first-order valence-electron chi connectivity index (χ1n) is 3.26. The molecule has 1 rings (SSSR count). The number of nitrogens with zero attached hydrogens (tertiary/aromatic N) is 3. The van der Waals surface area contributed by atoms with E-state index in [0.717, 1.165) is 5.71 Å². The summed E-state index contributed by atoms with van der Waals surface area (Å²) < 4.78 is 0. The van der Waals surface area contributed by atoms with Crippen LogP contribution in [0, 0.1) is 0 Å². The monoisotopic (exact) mass is 147 g/mol. The third-order valence-electron chi connectivity index (χ3n) is 1.11. The van der Waals surface area contributed by atoms with Crippen molar-refractivity contribution in [3.05, 3.63) is 24.7 Å². The molecule has 0 saturated carbocycles. The van der Waals surface area contributed by atoms with Crippen LogP contribution in [0.1, 0.15) is 6.92 Å². The Bertz CT molecular complexity index is 255. The molecule has 0 N–H and O–H groups in total. The minimum absolute atomic E-state index is 0.688. The van der Waals surface area contributed by atoms with E-state index in [4.69, 9.17) is 0 Å². The number of allylic oxidation sites excluding steroid dienone is 1. The van der Waals surface area contributed by atoms with E-state index in [9.17, 15) is 0 Å². The summed E-state index contributed by atoms with van der Waals surface area (Å²) >= 11 is 0. The second-order valence-corrected chi connectivity index (χ2v) is 2.01. The van der Waals surface area contributed by atoms with Crippen molar-refractivity contribution in [2.45, 2.75) is 6.92 Å². The Morgan fingerprint density at radius 2 is 2.18 bits per heavy atom. The van der Waals surface area contributed by atoms with Gasteiger partial charge >= 0.3 is 0 Å². The van der Waals surface area contributed by atoms with Crippen LogP contribution in [0.15, 0.2) is 39.7 Å². The number of hydrogen-bond donors (Lipinski definition) is 0. The predicted molar refractivity (Wildman–Crippen MR) is 48.4 cm³/mol.